The molecular weight excluding hydrogens is 314 g/mol. The average molecular weight is 338 g/mol. The molecular formula is C17H24ClN3O2. The first-order valence-corrected chi connectivity index (χ1v) is 8.11. The lowest BCUT2D eigenvalue weighted by atomic mass is 10.1. The van der Waals surface area contributed by atoms with Gasteiger partial charge in [0, 0.05) is 37.7 Å². The van der Waals surface area contributed by atoms with Crippen LogP contribution in [-0.4, -0.2) is 42.4 Å². The SMILES string of the molecule is Cl.O=C(N[C@H]1CCCNC1)c1cccc(CN2CCCC2=O)c1. The Morgan fingerprint density at radius 2 is 2.22 bits per heavy atom. The molecule has 1 aromatic rings. The van der Waals surface area contributed by atoms with Crippen molar-refractivity contribution in [2.45, 2.75) is 38.3 Å². The van der Waals surface area contributed by atoms with Crippen LogP contribution in [0, 0.1) is 0 Å². The molecule has 3 rings (SSSR count). The summed E-state index contributed by atoms with van der Waals surface area (Å²) in [6.45, 7) is 3.30. The smallest absolute Gasteiger partial charge is 0.251 e. The molecule has 6 heteroatoms. The molecule has 2 aliphatic heterocycles. The van der Waals surface area contributed by atoms with Crippen LogP contribution in [-0.2, 0) is 11.3 Å². The lowest BCUT2D eigenvalue weighted by Crippen LogP contribution is -2.45. The molecule has 2 aliphatic rings. The van der Waals surface area contributed by atoms with E-state index in [1.165, 1.54) is 0 Å². The Balaban J connectivity index is 0.00000192. The largest absolute Gasteiger partial charge is 0.348 e. The predicted molar refractivity (Wildman–Crippen MR) is 91.7 cm³/mol. The number of benzene rings is 1. The predicted octanol–water partition coefficient (Wildman–Crippen LogP) is 1.71. The van der Waals surface area contributed by atoms with E-state index >= 15 is 0 Å². The number of likely N-dealkylation sites (tertiary alicyclic amines) is 1. The maximum absolute atomic E-state index is 12.3. The van der Waals surface area contributed by atoms with Crippen LogP contribution >= 0.6 is 12.4 Å². The van der Waals surface area contributed by atoms with E-state index in [2.05, 4.69) is 10.6 Å². The number of nitrogens with zero attached hydrogens (tertiary/aromatic N) is 1. The van der Waals surface area contributed by atoms with Gasteiger partial charge in [-0.2, -0.15) is 0 Å². The second-order valence-corrected chi connectivity index (χ2v) is 6.14. The normalized spacial score (nSPS) is 21.0. The van der Waals surface area contributed by atoms with Gasteiger partial charge in [-0.1, -0.05) is 12.1 Å². The molecule has 0 bridgehead atoms. The summed E-state index contributed by atoms with van der Waals surface area (Å²) >= 11 is 0. The molecule has 1 aromatic carbocycles. The average Bonchev–Trinajstić information content (AvgIpc) is 2.94. The van der Waals surface area contributed by atoms with Crippen LogP contribution in [0.15, 0.2) is 24.3 Å². The van der Waals surface area contributed by atoms with Crippen LogP contribution < -0.4 is 10.6 Å². The van der Waals surface area contributed by atoms with Crippen molar-refractivity contribution in [1.29, 1.82) is 0 Å². The van der Waals surface area contributed by atoms with Crippen LogP contribution in [0.4, 0.5) is 0 Å². The highest BCUT2D eigenvalue weighted by molar-refractivity contribution is 5.94. The molecule has 0 spiro atoms. The van der Waals surface area contributed by atoms with Crippen molar-refractivity contribution in [3.8, 4) is 0 Å². The summed E-state index contributed by atoms with van der Waals surface area (Å²) in [6.07, 6.45) is 3.71. The summed E-state index contributed by atoms with van der Waals surface area (Å²) < 4.78 is 0. The molecule has 2 saturated heterocycles. The van der Waals surface area contributed by atoms with Crippen LogP contribution in [0.1, 0.15) is 41.6 Å². The van der Waals surface area contributed by atoms with E-state index in [0.29, 0.717) is 18.5 Å². The highest BCUT2D eigenvalue weighted by atomic mass is 35.5. The van der Waals surface area contributed by atoms with Crippen molar-refractivity contribution in [2.24, 2.45) is 0 Å². The summed E-state index contributed by atoms with van der Waals surface area (Å²) in [5.41, 5.74) is 1.69. The van der Waals surface area contributed by atoms with Crippen LogP contribution in [0.25, 0.3) is 0 Å². The minimum atomic E-state index is -0.0247. The monoisotopic (exact) mass is 337 g/mol. The molecule has 0 saturated carbocycles. The fourth-order valence-corrected chi connectivity index (χ4v) is 3.15. The van der Waals surface area contributed by atoms with Gasteiger partial charge in [-0.3, -0.25) is 9.59 Å². The fourth-order valence-electron chi connectivity index (χ4n) is 3.15. The van der Waals surface area contributed by atoms with E-state index < -0.39 is 0 Å². The number of piperidine rings is 1. The van der Waals surface area contributed by atoms with Gasteiger partial charge in [0.25, 0.3) is 5.91 Å². The Morgan fingerprint density at radius 3 is 2.91 bits per heavy atom. The van der Waals surface area contributed by atoms with E-state index in [4.69, 9.17) is 0 Å². The topological polar surface area (TPSA) is 61.4 Å². The molecule has 1 atom stereocenters. The highest BCUT2D eigenvalue weighted by Crippen LogP contribution is 2.15. The van der Waals surface area contributed by atoms with Gasteiger partial charge in [0.2, 0.25) is 5.91 Å². The van der Waals surface area contributed by atoms with Gasteiger partial charge in [-0.05, 0) is 43.5 Å². The summed E-state index contributed by atoms with van der Waals surface area (Å²) in [7, 11) is 0. The van der Waals surface area contributed by atoms with E-state index in [1.54, 1.807) is 0 Å². The van der Waals surface area contributed by atoms with Crippen LogP contribution in [0.2, 0.25) is 0 Å². The lowest BCUT2D eigenvalue weighted by Gasteiger charge is -2.24. The van der Waals surface area contributed by atoms with E-state index in [-0.39, 0.29) is 30.3 Å². The van der Waals surface area contributed by atoms with E-state index in [0.717, 1.165) is 44.5 Å². The zero-order valence-electron chi connectivity index (χ0n) is 13.2. The second-order valence-electron chi connectivity index (χ2n) is 6.14. The molecule has 0 unspecified atom stereocenters. The third kappa shape index (κ3) is 4.69. The first-order chi connectivity index (χ1) is 10.7. The van der Waals surface area contributed by atoms with Gasteiger partial charge in [0.15, 0.2) is 0 Å². The Bertz CT molecular complexity index is 559. The van der Waals surface area contributed by atoms with Gasteiger partial charge in [0.1, 0.15) is 0 Å². The summed E-state index contributed by atoms with van der Waals surface area (Å²) in [5, 5.41) is 6.38. The minimum Gasteiger partial charge on any atom is -0.348 e. The van der Waals surface area contributed by atoms with Crippen molar-refractivity contribution in [3.63, 3.8) is 0 Å². The van der Waals surface area contributed by atoms with Gasteiger partial charge in [-0.15, -0.1) is 12.4 Å². The molecule has 2 heterocycles. The third-order valence-electron chi connectivity index (χ3n) is 4.37. The highest BCUT2D eigenvalue weighted by Gasteiger charge is 2.21. The van der Waals surface area contributed by atoms with Crippen molar-refractivity contribution in [3.05, 3.63) is 35.4 Å². The number of nitrogens with one attached hydrogen (secondary N) is 2. The number of halogens is 1. The quantitative estimate of drug-likeness (QED) is 0.879. The molecule has 2 N–H and O–H groups in total. The number of rotatable bonds is 4. The van der Waals surface area contributed by atoms with Crippen molar-refractivity contribution < 1.29 is 9.59 Å². The zero-order valence-corrected chi connectivity index (χ0v) is 14.0. The number of amides is 2. The van der Waals surface area contributed by atoms with E-state index in [9.17, 15) is 9.59 Å². The summed E-state index contributed by atoms with van der Waals surface area (Å²) in [4.78, 5) is 25.9. The van der Waals surface area contributed by atoms with E-state index in [1.807, 2.05) is 29.2 Å². The molecule has 2 fully saturated rings. The van der Waals surface area contributed by atoms with Crippen LogP contribution in [0.3, 0.4) is 0 Å². The van der Waals surface area contributed by atoms with Crippen molar-refractivity contribution >= 4 is 24.2 Å². The number of hydrogen-bond donors (Lipinski definition) is 2. The molecule has 0 aliphatic carbocycles. The van der Waals surface area contributed by atoms with Crippen molar-refractivity contribution in [2.75, 3.05) is 19.6 Å². The Hall–Kier alpha value is -1.59. The number of carbonyl (C=O) groups excluding carboxylic acids is 2. The summed E-state index contributed by atoms with van der Waals surface area (Å²) in [5.74, 6) is 0.187. The molecule has 5 nitrogen and oxygen atoms in total. The molecule has 0 radical (unpaired) electrons. The van der Waals surface area contributed by atoms with Gasteiger partial charge < -0.3 is 15.5 Å². The standard InChI is InChI=1S/C17H23N3O2.ClH/c21-16-7-3-9-20(16)12-13-4-1-5-14(10-13)17(22)19-15-6-2-8-18-11-15;/h1,4-5,10,15,18H,2-3,6-9,11-12H2,(H,19,22);1H/t15-;/m0./s1. The molecule has 23 heavy (non-hydrogen) atoms. The zero-order chi connectivity index (χ0) is 15.4. The number of carbonyl (C=O) groups is 2. The maximum atomic E-state index is 12.3. The lowest BCUT2D eigenvalue weighted by molar-refractivity contribution is -0.128. The first kappa shape index (κ1) is 17.8. The fraction of sp³-hybridized carbons (Fsp3) is 0.529. The Labute approximate surface area is 143 Å². The first-order valence-electron chi connectivity index (χ1n) is 8.11. The van der Waals surface area contributed by atoms with Crippen molar-refractivity contribution in [1.82, 2.24) is 15.5 Å². The van der Waals surface area contributed by atoms with Gasteiger partial charge >= 0.3 is 0 Å². The molecule has 126 valence electrons. The van der Waals surface area contributed by atoms with Gasteiger partial charge in [0.05, 0.1) is 0 Å². The van der Waals surface area contributed by atoms with Gasteiger partial charge in [-0.25, -0.2) is 0 Å². The molecule has 2 amide bonds. The Morgan fingerprint density at radius 1 is 1.35 bits per heavy atom. The number of hydrogen-bond acceptors (Lipinski definition) is 3. The second kappa shape index (κ2) is 8.31. The Kier molecular flexibility index (Phi) is 6.42. The minimum absolute atomic E-state index is 0. The third-order valence-corrected chi connectivity index (χ3v) is 4.37. The summed E-state index contributed by atoms with van der Waals surface area (Å²) in [6, 6.07) is 7.82. The van der Waals surface area contributed by atoms with Crippen LogP contribution in [0.5, 0.6) is 0 Å². The molecule has 0 aromatic heterocycles. The maximum Gasteiger partial charge on any atom is 0.251 e.